The van der Waals surface area contributed by atoms with Gasteiger partial charge in [-0.1, -0.05) is 13.8 Å². The van der Waals surface area contributed by atoms with E-state index in [1.807, 2.05) is 20.9 Å². The second-order valence-corrected chi connectivity index (χ2v) is 4.87. The number of carbonyl (C=O) groups excluding carboxylic acids is 2. The Hall–Kier alpha value is -1.95. The zero-order chi connectivity index (χ0) is 16.5. The summed E-state index contributed by atoms with van der Waals surface area (Å²) in [5.41, 5.74) is 0.345. The minimum absolute atomic E-state index is 0.0279. The number of hydrogen-bond donors (Lipinski definition) is 1. The molecule has 0 aromatic heterocycles. The van der Waals surface area contributed by atoms with Gasteiger partial charge in [-0.15, -0.1) is 0 Å². The minimum Gasteiger partial charge on any atom is -0.343 e. The van der Waals surface area contributed by atoms with E-state index in [1.165, 1.54) is 24.3 Å². The summed E-state index contributed by atoms with van der Waals surface area (Å²) in [6.07, 6.45) is 0. The summed E-state index contributed by atoms with van der Waals surface area (Å²) in [6.45, 7) is 7.03. The maximum atomic E-state index is 12.7. The van der Waals surface area contributed by atoms with Crippen LogP contribution < -0.4 is 5.32 Å². The van der Waals surface area contributed by atoms with E-state index >= 15 is 0 Å². The zero-order valence-electron chi connectivity index (χ0n) is 13.4. The molecule has 0 aliphatic carbocycles. The maximum absolute atomic E-state index is 12.7. The van der Waals surface area contributed by atoms with Gasteiger partial charge >= 0.3 is 0 Å². The number of carbonyl (C=O) groups is 2. The molecule has 0 saturated carbocycles. The second-order valence-electron chi connectivity index (χ2n) is 4.87. The fourth-order valence-electron chi connectivity index (χ4n) is 2.03. The molecule has 2 rings (SSSR count). The monoisotopic (exact) mass is 309 g/mol. The molecule has 22 heavy (non-hydrogen) atoms. The molecule has 0 spiro atoms. The topological polar surface area (TPSA) is 52.6 Å². The standard InChI is InChI=1S/C14H18FN3O2.C2H6/c1-17-6-8-18(9-7-17)13(19)10-16-14(20)11-2-4-12(15)5-3-11;1-2/h2-5H,6-10H2,1H3,(H,16,20);1-2H3. The van der Waals surface area contributed by atoms with Crippen LogP contribution in [-0.2, 0) is 4.79 Å². The number of rotatable bonds is 3. The van der Waals surface area contributed by atoms with Crippen LogP contribution in [0.5, 0.6) is 0 Å². The first-order chi connectivity index (χ1) is 10.6. The zero-order valence-corrected chi connectivity index (χ0v) is 13.4. The van der Waals surface area contributed by atoms with Crippen molar-refractivity contribution >= 4 is 11.8 Å². The molecule has 1 fully saturated rings. The van der Waals surface area contributed by atoms with E-state index in [-0.39, 0.29) is 18.4 Å². The molecule has 1 aliphatic heterocycles. The molecule has 2 amide bonds. The van der Waals surface area contributed by atoms with Gasteiger partial charge in [-0.25, -0.2) is 4.39 Å². The highest BCUT2D eigenvalue weighted by atomic mass is 19.1. The molecule has 5 nitrogen and oxygen atoms in total. The van der Waals surface area contributed by atoms with Crippen molar-refractivity contribution in [1.82, 2.24) is 15.1 Å². The van der Waals surface area contributed by atoms with Crippen molar-refractivity contribution in [1.29, 1.82) is 0 Å². The van der Waals surface area contributed by atoms with Crippen molar-refractivity contribution in [2.24, 2.45) is 0 Å². The number of nitrogens with zero attached hydrogens (tertiary/aromatic N) is 2. The van der Waals surface area contributed by atoms with Crippen LogP contribution in [0.25, 0.3) is 0 Å². The average molecular weight is 309 g/mol. The van der Waals surface area contributed by atoms with E-state index in [0.29, 0.717) is 18.7 Å². The number of nitrogens with one attached hydrogen (secondary N) is 1. The lowest BCUT2D eigenvalue weighted by Gasteiger charge is -2.32. The van der Waals surface area contributed by atoms with Crippen LogP contribution in [0.1, 0.15) is 24.2 Å². The van der Waals surface area contributed by atoms with E-state index in [4.69, 9.17) is 0 Å². The van der Waals surface area contributed by atoms with E-state index in [0.717, 1.165) is 13.1 Å². The van der Waals surface area contributed by atoms with Gasteiger partial charge in [-0.2, -0.15) is 0 Å². The molecule has 6 heteroatoms. The van der Waals surface area contributed by atoms with Gasteiger partial charge in [0.05, 0.1) is 6.54 Å². The molecule has 1 saturated heterocycles. The van der Waals surface area contributed by atoms with Crippen molar-refractivity contribution in [3.63, 3.8) is 0 Å². The SMILES string of the molecule is CC.CN1CCN(C(=O)CNC(=O)c2ccc(F)cc2)CC1. The Kier molecular flexibility index (Phi) is 7.52. The highest BCUT2D eigenvalue weighted by molar-refractivity contribution is 5.96. The predicted molar refractivity (Wildman–Crippen MR) is 84.2 cm³/mol. The van der Waals surface area contributed by atoms with Gasteiger partial charge in [-0.05, 0) is 31.3 Å². The highest BCUT2D eigenvalue weighted by Gasteiger charge is 2.19. The number of likely N-dealkylation sites (N-methyl/N-ethyl adjacent to an activating group) is 1. The fourth-order valence-corrected chi connectivity index (χ4v) is 2.03. The van der Waals surface area contributed by atoms with Crippen molar-refractivity contribution in [3.05, 3.63) is 35.6 Å². The first-order valence-electron chi connectivity index (χ1n) is 7.56. The Bertz CT molecular complexity index is 483. The van der Waals surface area contributed by atoms with Crippen LogP contribution >= 0.6 is 0 Å². The Morgan fingerprint density at radius 2 is 1.64 bits per heavy atom. The smallest absolute Gasteiger partial charge is 0.251 e. The number of benzene rings is 1. The predicted octanol–water partition coefficient (Wildman–Crippen LogP) is 1.36. The summed E-state index contributed by atoms with van der Waals surface area (Å²) in [5, 5.41) is 2.56. The van der Waals surface area contributed by atoms with Crippen molar-refractivity contribution < 1.29 is 14.0 Å². The van der Waals surface area contributed by atoms with Gasteiger partial charge in [0.25, 0.3) is 5.91 Å². The van der Waals surface area contributed by atoms with Crippen molar-refractivity contribution in [3.8, 4) is 0 Å². The third-order valence-electron chi connectivity index (χ3n) is 3.36. The second kappa shape index (κ2) is 9.15. The van der Waals surface area contributed by atoms with Crippen LogP contribution in [-0.4, -0.2) is 61.4 Å². The Balaban J connectivity index is 0.00000116. The van der Waals surface area contributed by atoms with Crippen LogP contribution in [0.2, 0.25) is 0 Å². The Labute approximate surface area is 131 Å². The molecule has 1 aromatic carbocycles. The largest absolute Gasteiger partial charge is 0.343 e. The number of piperazine rings is 1. The molecule has 0 bridgehead atoms. The highest BCUT2D eigenvalue weighted by Crippen LogP contribution is 2.03. The quantitative estimate of drug-likeness (QED) is 0.917. The average Bonchev–Trinajstić information content (AvgIpc) is 2.55. The number of amides is 2. The van der Waals surface area contributed by atoms with Crippen molar-refractivity contribution in [2.45, 2.75) is 13.8 Å². The summed E-state index contributed by atoms with van der Waals surface area (Å²) < 4.78 is 12.7. The lowest BCUT2D eigenvalue weighted by atomic mass is 10.2. The van der Waals surface area contributed by atoms with Crippen LogP contribution in [0.15, 0.2) is 24.3 Å². The van der Waals surface area contributed by atoms with Crippen LogP contribution in [0.4, 0.5) is 4.39 Å². The lowest BCUT2D eigenvalue weighted by molar-refractivity contribution is -0.131. The third kappa shape index (κ3) is 5.44. The summed E-state index contributed by atoms with van der Waals surface area (Å²) in [4.78, 5) is 27.6. The summed E-state index contributed by atoms with van der Waals surface area (Å²) in [6, 6.07) is 5.23. The Morgan fingerprint density at radius 3 is 2.18 bits per heavy atom. The normalized spacial score (nSPS) is 14.8. The molecule has 1 aromatic rings. The van der Waals surface area contributed by atoms with Gasteiger partial charge in [0.1, 0.15) is 5.82 Å². The molecule has 0 atom stereocenters. The molecule has 1 aliphatic rings. The molecule has 0 radical (unpaired) electrons. The summed E-state index contributed by atoms with van der Waals surface area (Å²) in [5.74, 6) is -0.851. The van der Waals surface area contributed by atoms with E-state index in [9.17, 15) is 14.0 Å². The van der Waals surface area contributed by atoms with E-state index in [1.54, 1.807) is 4.90 Å². The molecule has 1 heterocycles. The van der Waals surface area contributed by atoms with Crippen molar-refractivity contribution in [2.75, 3.05) is 39.8 Å². The fraction of sp³-hybridized carbons (Fsp3) is 0.500. The van der Waals surface area contributed by atoms with Crippen LogP contribution in [0.3, 0.4) is 0 Å². The Morgan fingerprint density at radius 1 is 1.09 bits per heavy atom. The summed E-state index contributed by atoms with van der Waals surface area (Å²) >= 11 is 0. The van der Waals surface area contributed by atoms with Crippen LogP contribution in [0, 0.1) is 5.82 Å². The number of hydrogen-bond acceptors (Lipinski definition) is 3. The third-order valence-corrected chi connectivity index (χ3v) is 3.36. The van der Waals surface area contributed by atoms with Gasteiger partial charge in [0, 0.05) is 31.7 Å². The van der Waals surface area contributed by atoms with E-state index < -0.39 is 5.82 Å². The molecular formula is C16H24FN3O2. The van der Waals surface area contributed by atoms with Gasteiger partial charge in [-0.3, -0.25) is 9.59 Å². The molecule has 122 valence electrons. The maximum Gasteiger partial charge on any atom is 0.251 e. The van der Waals surface area contributed by atoms with Gasteiger partial charge in [0.2, 0.25) is 5.91 Å². The lowest BCUT2D eigenvalue weighted by Crippen LogP contribution is -2.50. The first kappa shape index (κ1) is 18.1. The molecular weight excluding hydrogens is 285 g/mol. The number of halogens is 1. The van der Waals surface area contributed by atoms with E-state index in [2.05, 4.69) is 10.2 Å². The first-order valence-corrected chi connectivity index (χ1v) is 7.56. The molecule has 0 unspecified atom stereocenters. The minimum atomic E-state index is -0.393. The summed E-state index contributed by atoms with van der Waals surface area (Å²) in [7, 11) is 2.01. The van der Waals surface area contributed by atoms with Gasteiger partial charge in [0.15, 0.2) is 0 Å². The molecule has 1 N–H and O–H groups in total. The van der Waals surface area contributed by atoms with Gasteiger partial charge < -0.3 is 15.1 Å².